The Bertz CT molecular complexity index is 1450. The number of nitrogens with one attached hydrogen (secondary N) is 3. The van der Waals surface area contributed by atoms with Gasteiger partial charge in [0.1, 0.15) is 6.04 Å². The van der Waals surface area contributed by atoms with Gasteiger partial charge < -0.3 is 49.7 Å². The first kappa shape index (κ1) is 40.1. The Labute approximate surface area is 302 Å². The second-order valence-corrected chi connectivity index (χ2v) is 12.2. The number of nitrogens with zero attached hydrogens (tertiary/aromatic N) is 1. The number of imide groups is 1. The highest BCUT2D eigenvalue weighted by molar-refractivity contribution is 6.31. The minimum Gasteiger partial charge on any atom is -0.379 e. The lowest BCUT2D eigenvalue weighted by Gasteiger charge is -2.29. The van der Waals surface area contributed by atoms with Crippen LogP contribution >= 0.6 is 11.6 Å². The first-order valence-corrected chi connectivity index (χ1v) is 17.5. The van der Waals surface area contributed by atoms with Gasteiger partial charge in [-0.15, -0.1) is 0 Å². The van der Waals surface area contributed by atoms with E-state index in [4.69, 9.17) is 45.8 Å². The Morgan fingerprint density at radius 3 is 2.02 bits per heavy atom. The molecule has 2 heterocycles. The number of piperidine rings is 1. The third-order valence-electron chi connectivity index (χ3n) is 7.91. The predicted molar refractivity (Wildman–Crippen MR) is 187 cm³/mol. The number of nitrogens with two attached hydrogens (primary N) is 1. The lowest BCUT2D eigenvalue weighted by molar-refractivity contribution is -0.136. The van der Waals surface area contributed by atoms with Crippen LogP contribution in [-0.4, -0.2) is 121 Å². The van der Waals surface area contributed by atoms with Gasteiger partial charge in [-0.1, -0.05) is 23.7 Å². The number of halogens is 1. The van der Waals surface area contributed by atoms with E-state index in [1.807, 2.05) is 18.2 Å². The van der Waals surface area contributed by atoms with E-state index < -0.39 is 18.0 Å². The fraction of sp³-hybridized carbons (Fsp3) is 0.543. The first-order chi connectivity index (χ1) is 24.8. The maximum absolute atomic E-state index is 12.9. The zero-order chi connectivity index (χ0) is 36.3. The van der Waals surface area contributed by atoms with Gasteiger partial charge in [-0.3, -0.25) is 19.7 Å². The molecule has 0 bridgehead atoms. The van der Waals surface area contributed by atoms with E-state index in [0.717, 1.165) is 16.7 Å². The molecule has 4 rings (SSSR count). The van der Waals surface area contributed by atoms with Crippen molar-refractivity contribution in [1.82, 2.24) is 15.5 Å². The molecule has 0 radical (unpaired) electrons. The summed E-state index contributed by atoms with van der Waals surface area (Å²) in [6.07, 6.45) is 1.09. The molecule has 1 saturated heterocycles. The van der Waals surface area contributed by atoms with Crippen LogP contribution in [0.3, 0.4) is 0 Å². The number of rotatable bonds is 24. The van der Waals surface area contributed by atoms with Gasteiger partial charge in [0.05, 0.1) is 79.3 Å². The molecule has 5 amide bonds. The highest BCUT2D eigenvalue weighted by Crippen LogP contribution is 2.28. The number of benzene rings is 2. The lowest BCUT2D eigenvalue weighted by atomic mass is 10.0. The Balaban J connectivity index is 1.04. The Hall–Kier alpha value is -3.67. The number of carbonyl (C=O) groups excluding carboxylic acids is 4. The molecule has 2 aromatic rings. The van der Waals surface area contributed by atoms with Crippen molar-refractivity contribution in [2.24, 2.45) is 5.73 Å². The van der Waals surface area contributed by atoms with E-state index >= 15 is 0 Å². The van der Waals surface area contributed by atoms with Crippen LogP contribution in [0.15, 0.2) is 36.4 Å². The van der Waals surface area contributed by atoms with Gasteiger partial charge in [0.15, 0.2) is 0 Å². The Morgan fingerprint density at radius 1 is 0.804 bits per heavy atom. The molecule has 2 aliphatic rings. The number of fused-ring (bicyclic) bond motifs is 1. The second kappa shape index (κ2) is 22.3. The number of anilines is 1. The minimum atomic E-state index is -0.679. The average Bonchev–Trinajstić information content (AvgIpc) is 3.43. The molecular formula is C35H48ClN5O10. The molecule has 15 nitrogen and oxygen atoms in total. The van der Waals surface area contributed by atoms with Crippen molar-refractivity contribution in [1.29, 1.82) is 0 Å². The smallest absolute Gasteiger partial charge is 0.319 e. The number of hydrogen-bond donors (Lipinski definition) is 4. The maximum atomic E-state index is 12.9. The third-order valence-corrected chi connectivity index (χ3v) is 8.13. The largest absolute Gasteiger partial charge is 0.379 e. The number of hydrogen-bond acceptors (Lipinski definition) is 11. The van der Waals surface area contributed by atoms with Crippen LogP contribution in [0.2, 0.25) is 5.02 Å². The zero-order valence-corrected chi connectivity index (χ0v) is 29.5. The Morgan fingerprint density at radius 2 is 1.41 bits per heavy atom. The van der Waals surface area contributed by atoms with Crippen molar-refractivity contribution in [3.8, 4) is 0 Å². The summed E-state index contributed by atoms with van der Waals surface area (Å²) in [5, 5.41) is 8.42. The predicted octanol–water partition coefficient (Wildman–Crippen LogP) is 2.02. The molecule has 0 saturated carbocycles. The molecule has 1 unspecified atom stereocenters. The van der Waals surface area contributed by atoms with Crippen LogP contribution in [0.25, 0.3) is 0 Å². The van der Waals surface area contributed by atoms with Crippen LogP contribution in [0.4, 0.5) is 10.5 Å². The normalized spacial score (nSPS) is 15.6. The molecule has 2 aromatic carbocycles. The van der Waals surface area contributed by atoms with Gasteiger partial charge in [-0.25, -0.2) is 4.79 Å². The molecule has 2 aliphatic heterocycles. The molecule has 0 spiro atoms. The van der Waals surface area contributed by atoms with Crippen LogP contribution in [0, 0.1) is 0 Å². The topological polar surface area (TPSA) is 189 Å². The molecule has 0 aliphatic carbocycles. The van der Waals surface area contributed by atoms with Gasteiger partial charge in [-0.2, -0.15) is 0 Å². The molecule has 1 fully saturated rings. The fourth-order valence-electron chi connectivity index (χ4n) is 5.44. The van der Waals surface area contributed by atoms with Crippen LogP contribution < -0.4 is 21.7 Å². The van der Waals surface area contributed by atoms with E-state index in [-0.39, 0.29) is 31.3 Å². The van der Waals surface area contributed by atoms with Crippen molar-refractivity contribution in [3.05, 3.63) is 63.7 Å². The summed E-state index contributed by atoms with van der Waals surface area (Å²) in [7, 11) is 0. The molecule has 5 N–H and O–H groups in total. The van der Waals surface area contributed by atoms with Crippen LogP contribution in [0.1, 0.15) is 39.9 Å². The molecule has 280 valence electrons. The van der Waals surface area contributed by atoms with Gasteiger partial charge in [0, 0.05) is 42.3 Å². The molecular weight excluding hydrogens is 686 g/mol. The number of carbonyl (C=O) groups is 4. The van der Waals surface area contributed by atoms with Gasteiger partial charge in [0.2, 0.25) is 11.8 Å². The summed E-state index contributed by atoms with van der Waals surface area (Å²) in [6.45, 7) is 6.77. The molecule has 0 aromatic heterocycles. The summed E-state index contributed by atoms with van der Waals surface area (Å²) >= 11 is 6.31. The number of urea groups is 1. The van der Waals surface area contributed by atoms with E-state index in [0.29, 0.717) is 115 Å². The van der Waals surface area contributed by atoms with E-state index in [9.17, 15) is 19.2 Å². The van der Waals surface area contributed by atoms with E-state index in [1.165, 1.54) is 4.90 Å². The summed E-state index contributed by atoms with van der Waals surface area (Å²) in [5.41, 5.74) is 8.86. The zero-order valence-electron chi connectivity index (χ0n) is 28.8. The van der Waals surface area contributed by atoms with Crippen molar-refractivity contribution < 1.29 is 47.6 Å². The average molecular weight is 734 g/mol. The quantitative estimate of drug-likeness (QED) is 0.0913. The van der Waals surface area contributed by atoms with Crippen LogP contribution in [0.5, 0.6) is 0 Å². The lowest BCUT2D eigenvalue weighted by Crippen LogP contribution is -2.52. The van der Waals surface area contributed by atoms with E-state index in [1.54, 1.807) is 18.2 Å². The van der Waals surface area contributed by atoms with E-state index in [2.05, 4.69) is 16.0 Å². The number of ether oxygens (including phenoxy) is 6. The first-order valence-electron chi connectivity index (χ1n) is 17.1. The summed E-state index contributed by atoms with van der Waals surface area (Å²) in [5.74, 6) is -1.03. The third kappa shape index (κ3) is 14.1. The summed E-state index contributed by atoms with van der Waals surface area (Å²) < 4.78 is 32.7. The fourth-order valence-corrected chi connectivity index (χ4v) is 5.69. The van der Waals surface area contributed by atoms with Crippen molar-refractivity contribution >= 4 is 41.0 Å². The SMILES string of the molecule is NCCOCCOCCOCCOCCOCCOCCc1cc(Cl)cc(NC(=O)NCc2ccc3c(c2)CN(C2CCC(=O)NC2=O)C3=O)c1. The summed E-state index contributed by atoms with van der Waals surface area (Å²) in [6, 6.07) is 9.54. The van der Waals surface area contributed by atoms with Crippen LogP contribution in [-0.2, 0) is 57.5 Å². The second-order valence-electron chi connectivity index (χ2n) is 11.8. The highest BCUT2D eigenvalue weighted by atomic mass is 35.5. The molecule has 1 atom stereocenters. The minimum absolute atomic E-state index is 0.194. The van der Waals surface area contributed by atoms with Crippen molar-refractivity contribution in [2.75, 3.05) is 91.1 Å². The Kier molecular flexibility index (Phi) is 17.5. The van der Waals surface area contributed by atoms with Gasteiger partial charge in [-0.05, 0) is 53.8 Å². The maximum Gasteiger partial charge on any atom is 0.319 e. The van der Waals surface area contributed by atoms with Crippen molar-refractivity contribution in [2.45, 2.75) is 38.4 Å². The summed E-state index contributed by atoms with van der Waals surface area (Å²) in [4.78, 5) is 50.9. The molecule has 51 heavy (non-hydrogen) atoms. The number of amides is 5. The van der Waals surface area contributed by atoms with Gasteiger partial charge >= 0.3 is 6.03 Å². The molecule has 16 heteroatoms. The monoisotopic (exact) mass is 733 g/mol. The van der Waals surface area contributed by atoms with Gasteiger partial charge in [0.25, 0.3) is 5.91 Å². The highest BCUT2D eigenvalue weighted by Gasteiger charge is 2.39. The van der Waals surface area contributed by atoms with Crippen molar-refractivity contribution in [3.63, 3.8) is 0 Å². The standard InChI is InChI=1S/C35H48ClN5O10/c36-28-20-25(5-7-46-9-11-48-13-15-50-17-18-51-16-14-49-12-10-47-8-6-37)21-29(22-28)39-35(45)38-23-26-1-2-30-27(19-26)24-41(34(30)44)31-3-4-32(42)40-33(31)43/h1-2,19-22,31H,3-18,23-24,37H2,(H2,38,39,45)(H,40,42,43).